The van der Waals surface area contributed by atoms with Crippen LogP contribution in [0.25, 0.3) is 0 Å². The summed E-state index contributed by atoms with van der Waals surface area (Å²) in [5.41, 5.74) is 1.92. The molecule has 1 heterocycles. The topological polar surface area (TPSA) is 66.0 Å². The minimum Gasteiger partial charge on any atom is -0.331 e. The van der Waals surface area contributed by atoms with Crippen LogP contribution in [-0.2, 0) is 19.4 Å². The second kappa shape index (κ2) is 8.65. The van der Waals surface area contributed by atoms with Crippen LogP contribution in [0, 0.1) is 0 Å². The summed E-state index contributed by atoms with van der Waals surface area (Å²) < 4.78 is 0. The molecule has 7 heteroatoms. The largest absolute Gasteiger partial charge is 0.331 e. The van der Waals surface area contributed by atoms with Crippen LogP contribution in [0.3, 0.4) is 0 Å². The number of hydrogen-bond donors (Lipinski definition) is 3. The maximum absolute atomic E-state index is 12.0. The predicted octanol–water partition coefficient (Wildman–Crippen LogP) is 3.98. The first-order valence-electron chi connectivity index (χ1n) is 8.65. The number of thiazole rings is 1. The zero-order valence-electron chi connectivity index (χ0n) is 14.3. The van der Waals surface area contributed by atoms with Gasteiger partial charge in [-0.1, -0.05) is 18.5 Å². The van der Waals surface area contributed by atoms with Crippen LogP contribution >= 0.6 is 22.9 Å². The third-order valence-electron chi connectivity index (χ3n) is 4.17. The number of halogens is 1. The number of hydrogen-bond acceptors (Lipinski definition) is 4. The van der Waals surface area contributed by atoms with Gasteiger partial charge in [0.05, 0.1) is 12.2 Å². The quantitative estimate of drug-likeness (QED) is 0.712. The molecule has 0 aliphatic heterocycles. The van der Waals surface area contributed by atoms with E-state index in [0.29, 0.717) is 23.3 Å². The number of urea groups is 1. The normalized spacial score (nSPS) is 16.3. The summed E-state index contributed by atoms with van der Waals surface area (Å²) in [6.07, 6.45) is 4.36. The van der Waals surface area contributed by atoms with E-state index < -0.39 is 0 Å². The zero-order valence-corrected chi connectivity index (χ0v) is 15.8. The maximum atomic E-state index is 12.0. The fourth-order valence-corrected chi connectivity index (χ4v) is 4.15. The van der Waals surface area contributed by atoms with Gasteiger partial charge in [-0.25, -0.2) is 9.78 Å². The van der Waals surface area contributed by atoms with Crippen LogP contribution in [0.15, 0.2) is 24.3 Å². The van der Waals surface area contributed by atoms with Crippen molar-refractivity contribution in [3.8, 4) is 0 Å². The number of aryl methyl sites for hydroxylation is 1. The van der Waals surface area contributed by atoms with Crippen molar-refractivity contribution in [2.45, 2.75) is 45.2 Å². The Morgan fingerprint density at radius 1 is 1.36 bits per heavy atom. The van der Waals surface area contributed by atoms with Gasteiger partial charge in [0.15, 0.2) is 0 Å². The van der Waals surface area contributed by atoms with Crippen LogP contribution in [0.5, 0.6) is 0 Å². The van der Waals surface area contributed by atoms with Crippen molar-refractivity contribution < 1.29 is 4.79 Å². The van der Waals surface area contributed by atoms with Gasteiger partial charge in [0, 0.05) is 21.6 Å². The highest BCUT2D eigenvalue weighted by Gasteiger charge is 2.22. The number of rotatable bonds is 6. The molecule has 0 fully saturated rings. The molecule has 0 spiro atoms. The van der Waals surface area contributed by atoms with Crippen molar-refractivity contribution in [1.82, 2.24) is 15.6 Å². The number of anilines is 1. The minimum atomic E-state index is -0.238. The molecule has 1 aromatic heterocycles. The van der Waals surface area contributed by atoms with E-state index in [2.05, 4.69) is 27.9 Å². The molecule has 1 aliphatic rings. The highest BCUT2D eigenvalue weighted by molar-refractivity contribution is 7.11. The molecule has 0 saturated carbocycles. The number of amides is 2. The third kappa shape index (κ3) is 5.17. The summed E-state index contributed by atoms with van der Waals surface area (Å²) in [5.74, 6) is 0. The highest BCUT2D eigenvalue weighted by atomic mass is 35.5. The third-order valence-corrected chi connectivity index (χ3v) is 5.54. The molecule has 3 rings (SSSR count). The Balaban J connectivity index is 1.50. The molecular formula is C18H23ClN4OS. The molecule has 3 N–H and O–H groups in total. The van der Waals surface area contributed by atoms with Gasteiger partial charge in [-0.2, -0.15) is 0 Å². The van der Waals surface area contributed by atoms with Crippen LogP contribution in [-0.4, -0.2) is 23.6 Å². The molecule has 1 unspecified atom stereocenters. The molecule has 0 radical (unpaired) electrons. The second-order valence-corrected chi connectivity index (χ2v) is 7.79. The van der Waals surface area contributed by atoms with Crippen LogP contribution in [0.1, 0.15) is 35.3 Å². The lowest BCUT2D eigenvalue weighted by Crippen LogP contribution is -2.34. The van der Waals surface area contributed by atoms with Crippen molar-refractivity contribution >= 4 is 34.7 Å². The standard InChI is InChI=1S/C18H23ClN4OS/c1-2-9-20-14-7-8-15-16(10-14)25-17(23-15)11-21-18(24)22-13-5-3-12(19)4-6-13/h3-6,14,20H,2,7-11H2,1H3,(H2,21,22,24). The predicted molar refractivity (Wildman–Crippen MR) is 104 cm³/mol. The summed E-state index contributed by atoms with van der Waals surface area (Å²) in [4.78, 5) is 18.0. The van der Waals surface area contributed by atoms with Crippen molar-refractivity contribution in [3.63, 3.8) is 0 Å². The van der Waals surface area contributed by atoms with Gasteiger partial charge in [0.25, 0.3) is 0 Å². The minimum absolute atomic E-state index is 0.238. The van der Waals surface area contributed by atoms with Gasteiger partial charge in [0.2, 0.25) is 0 Å². The molecule has 2 amide bonds. The fourth-order valence-electron chi connectivity index (χ4n) is 2.89. The lowest BCUT2D eigenvalue weighted by molar-refractivity contribution is 0.251. The Hall–Kier alpha value is -1.63. The molecule has 1 aliphatic carbocycles. The van der Waals surface area contributed by atoms with E-state index in [9.17, 15) is 4.79 Å². The van der Waals surface area contributed by atoms with Gasteiger partial charge in [0.1, 0.15) is 5.01 Å². The summed E-state index contributed by atoms with van der Waals surface area (Å²) in [6, 6.07) is 7.35. The average Bonchev–Trinajstić information content (AvgIpc) is 3.02. The molecule has 2 aromatic rings. The molecule has 1 atom stereocenters. The molecule has 0 saturated heterocycles. The summed E-state index contributed by atoms with van der Waals surface area (Å²) in [6.45, 7) is 3.70. The number of nitrogens with one attached hydrogen (secondary N) is 3. The molecule has 134 valence electrons. The van der Waals surface area contributed by atoms with E-state index in [-0.39, 0.29) is 6.03 Å². The number of carbonyl (C=O) groups is 1. The molecule has 0 bridgehead atoms. The van der Waals surface area contributed by atoms with Crippen LogP contribution in [0.4, 0.5) is 10.5 Å². The Bertz CT molecular complexity index is 716. The van der Waals surface area contributed by atoms with Crippen molar-refractivity contribution in [1.29, 1.82) is 0 Å². The van der Waals surface area contributed by atoms with Crippen molar-refractivity contribution in [3.05, 3.63) is 44.9 Å². The molecule has 25 heavy (non-hydrogen) atoms. The maximum Gasteiger partial charge on any atom is 0.319 e. The Morgan fingerprint density at radius 2 is 2.16 bits per heavy atom. The lowest BCUT2D eigenvalue weighted by Gasteiger charge is -2.22. The van der Waals surface area contributed by atoms with Gasteiger partial charge >= 0.3 is 6.03 Å². The number of carbonyl (C=O) groups excluding carboxylic acids is 1. The van der Waals surface area contributed by atoms with Crippen LogP contribution in [0.2, 0.25) is 5.02 Å². The van der Waals surface area contributed by atoms with Gasteiger partial charge in [-0.15, -0.1) is 11.3 Å². The second-order valence-electron chi connectivity index (χ2n) is 6.19. The zero-order chi connectivity index (χ0) is 17.6. The number of benzene rings is 1. The van der Waals surface area contributed by atoms with E-state index in [1.165, 1.54) is 10.6 Å². The van der Waals surface area contributed by atoms with Crippen LogP contribution < -0.4 is 16.0 Å². The summed E-state index contributed by atoms with van der Waals surface area (Å²) in [5, 5.41) is 10.9. The summed E-state index contributed by atoms with van der Waals surface area (Å²) >= 11 is 7.55. The Morgan fingerprint density at radius 3 is 2.92 bits per heavy atom. The van der Waals surface area contributed by atoms with E-state index in [1.807, 2.05) is 0 Å². The monoisotopic (exact) mass is 378 g/mol. The van der Waals surface area contributed by atoms with Crippen molar-refractivity contribution in [2.24, 2.45) is 0 Å². The first-order chi connectivity index (χ1) is 12.1. The first-order valence-corrected chi connectivity index (χ1v) is 9.84. The van der Waals surface area contributed by atoms with Gasteiger partial charge < -0.3 is 16.0 Å². The number of nitrogens with zero attached hydrogens (tertiary/aromatic N) is 1. The molecule has 5 nitrogen and oxygen atoms in total. The summed E-state index contributed by atoms with van der Waals surface area (Å²) in [7, 11) is 0. The van der Waals surface area contributed by atoms with Crippen molar-refractivity contribution in [2.75, 3.05) is 11.9 Å². The molecular weight excluding hydrogens is 356 g/mol. The first kappa shape index (κ1) is 18.2. The number of fused-ring (bicyclic) bond motifs is 1. The van der Waals surface area contributed by atoms with E-state index in [4.69, 9.17) is 11.6 Å². The lowest BCUT2D eigenvalue weighted by atomic mass is 9.97. The number of aromatic nitrogens is 1. The van der Waals surface area contributed by atoms with Gasteiger partial charge in [-0.3, -0.25) is 0 Å². The van der Waals surface area contributed by atoms with E-state index in [0.717, 1.165) is 37.2 Å². The Labute approximate surface area is 157 Å². The van der Waals surface area contributed by atoms with E-state index in [1.54, 1.807) is 35.6 Å². The molecule has 1 aromatic carbocycles. The van der Waals surface area contributed by atoms with E-state index >= 15 is 0 Å². The highest BCUT2D eigenvalue weighted by Crippen LogP contribution is 2.27. The average molecular weight is 379 g/mol. The SMILES string of the molecule is CCCNC1CCc2nc(CNC(=O)Nc3ccc(Cl)cc3)sc2C1. The smallest absolute Gasteiger partial charge is 0.319 e. The Kier molecular flexibility index (Phi) is 6.29. The fraction of sp³-hybridized carbons (Fsp3) is 0.444. The van der Waals surface area contributed by atoms with Gasteiger partial charge in [-0.05, 0) is 56.5 Å².